The highest BCUT2D eigenvalue weighted by atomic mass is 35.5. The van der Waals surface area contributed by atoms with Crippen LogP contribution in [-0.4, -0.2) is 23.2 Å². The number of thioether (sulfide) groups is 1. The zero-order valence-electron chi connectivity index (χ0n) is 17.9. The molecule has 174 valence electrons. The Kier molecular flexibility index (Phi) is 7.73. The van der Waals surface area contributed by atoms with E-state index >= 15 is 0 Å². The van der Waals surface area contributed by atoms with Gasteiger partial charge in [-0.25, -0.2) is 0 Å². The summed E-state index contributed by atoms with van der Waals surface area (Å²) in [5.74, 6) is 0.655. The van der Waals surface area contributed by atoms with E-state index in [-0.39, 0.29) is 24.3 Å². The molecular formula is C25H18Cl3NO4S. The molecule has 1 fully saturated rings. The molecule has 0 N–H and O–H groups in total. The smallest absolute Gasteiger partial charge is 0.293 e. The minimum absolute atomic E-state index is 0.108. The Labute approximate surface area is 216 Å². The van der Waals surface area contributed by atoms with Gasteiger partial charge in [-0.15, -0.1) is 0 Å². The van der Waals surface area contributed by atoms with Gasteiger partial charge in [0.05, 0.1) is 28.6 Å². The van der Waals surface area contributed by atoms with Crippen LogP contribution in [0, 0.1) is 0 Å². The quantitative estimate of drug-likeness (QED) is 0.294. The second-order valence-corrected chi connectivity index (χ2v) is 9.52. The summed E-state index contributed by atoms with van der Waals surface area (Å²) in [6.45, 7) is 0.389. The molecule has 2 amide bonds. The molecule has 5 nitrogen and oxygen atoms in total. The normalized spacial score (nSPS) is 14.7. The Morgan fingerprint density at radius 3 is 2.44 bits per heavy atom. The number of ether oxygens (including phenoxy) is 2. The second-order valence-electron chi connectivity index (χ2n) is 7.31. The Hall–Kier alpha value is -2.64. The third-order valence-corrected chi connectivity index (χ3v) is 7.04. The van der Waals surface area contributed by atoms with Gasteiger partial charge in [0, 0.05) is 10.6 Å². The Morgan fingerprint density at radius 2 is 1.71 bits per heavy atom. The van der Waals surface area contributed by atoms with Crippen molar-refractivity contribution in [2.24, 2.45) is 0 Å². The summed E-state index contributed by atoms with van der Waals surface area (Å²) in [5, 5.41) is 1.04. The van der Waals surface area contributed by atoms with Crippen LogP contribution in [0.2, 0.25) is 15.1 Å². The average Bonchev–Trinajstić information content (AvgIpc) is 3.08. The first kappa shape index (κ1) is 24.5. The molecule has 4 rings (SSSR count). The molecule has 3 aromatic carbocycles. The number of hydrogen-bond donors (Lipinski definition) is 0. The van der Waals surface area contributed by atoms with E-state index in [4.69, 9.17) is 44.3 Å². The average molecular weight is 535 g/mol. The standard InChI is InChI=1S/C25H18Cl3NO4S/c1-32-22-11-15(7-9-21(22)33-14-17-4-2-3-5-18(17)26)12-23-24(30)29(25(31)34-23)13-16-6-8-19(27)20(28)10-16/h2-12H,13-14H2,1H3/b23-12+. The molecule has 0 aliphatic carbocycles. The minimum Gasteiger partial charge on any atom is -0.493 e. The third-order valence-electron chi connectivity index (χ3n) is 5.02. The van der Waals surface area contributed by atoms with Crippen LogP contribution in [0.4, 0.5) is 4.79 Å². The van der Waals surface area contributed by atoms with Crippen LogP contribution in [0.15, 0.2) is 65.6 Å². The van der Waals surface area contributed by atoms with Gasteiger partial charge in [-0.05, 0) is 59.3 Å². The maximum Gasteiger partial charge on any atom is 0.293 e. The van der Waals surface area contributed by atoms with Crippen LogP contribution in [0.5, 0.6) is 11.5 Å². The van der Waals surface area contributed by atoms with Gasteiger partial charge < -0.3 is 9.47 Å². The third kappa shape index (κ3) is 5.53. The van der Waals surface area contributed by atoms with Crippen molar-refractivity contribution in [2.45, 2.75) is 13.2 Å². The summed E-state index contributed by atoms with van der Waals surface area (Å²) < 4.78 is 11.3. The summed E-state index contributed by atoms with van der Waals surface area (Å²) in [5.41, 5.74) is 2.26. The Balaban J connectivity index is 1.49. The molecule has 34 heavy (non-hydrogen) atoms. The highest BCUT2D eigenvalue weighted by molar-refractivity contribution is 8.18. The van der Waals surface area contributed by atoms with Crippen LogP contribution < -0.4 is 9.47 Å². The molecule has 1 heterocycles. The van der Waals surface area contributed by atoms with Gasteiger partial charge in [0.2, 0.25) is 0 Å². The van der Waals surface area contributed by atoms with Crippen LogP contribution >= 0.6 is 46.6 Å². The lowest BCUT2D eigenvalue weighted by molar-refractivity contribution is -0.123. The molecule has 3 aromatic rings. The van der Waals surface area contributed by atoms with E-state index in [1.54, 1.807) is 48.5 Å². The molecule has 0 bridgehead atoms. The number of nitrogens with zero attached hydrogens (tertiary/aromatic N) is 1. The van der Waals surface area contributed by atoms with Crippen molar-refractivity contribution in [1.82, 2.24) is 4.90 Å². The van der Waals surface area contributed by atoms with Gasteiger partial charge >= 0.3 is 0 Å². The van der Waals surface area contributed by atoms with Crippen molar-refractivity contribution in [3.8, 4) is 11.5 Å². The summed E-state index contributed by atoms with van der Waals surface area (Å²) in [7, 11) is 1.53. The molecule has 0 aromatic heterocycles. The van der Waals surface area contributed by atoms with E-state index in [9.17, 15) is 9.59 Å². The SMILES string of the molecule is COc1cc(/C=C2/SC(=O)N(Cc3ccc(Cl)c(Cl)c3)C2=O)ccc1OCc1ccccc1Cl. The highest BCUT2D eigenvalue weighted by Gasteiger charge is 2.35. The molecule has 0 radical (unpaired) electrons. The fourth-order valence-corrected chi connectivity index (χ4v) is 4.62. The first-order chi connectivity index (χ1) is 16.4. The second kappa shape index (κ2) is 10.7. The first-order valence-corrected chi connectivity index (χ1v) is 12.0. The van der Waals surface area contributed by atoms with Crippen molar-refractivity contribution in [2.75, 3.05) is 7.11 Å². The molecule has 1 saturated heterocycles. The van der Waals surface area contributed by atoms with E-state index < -0.39 is 0 Å². The Morgan fingerprint density at radius 1 is 0.912 bits per heavy atom. The zero-order chi connectivity index (χ0) is 24.2. The number of methoxy groups -OCH3 is 1. The largest absolute Gasteiger partial charge is 0.493 e. The lowest BCUT2D eigenvalue weighted by Gasteiger charge is -2.13. The van der Waals surface area contributed by atoms with Crippen molar-refractivity contribution in [1.29, 1.82) is 0 Å². The summed E-state index contributed by atoms with van der Waals surface area (Å²) in [4.78, 5) is 26.8. The topological polar surface area (TPSA) is 55.8 Å². The Bertz CT molecular complexity index is 1290. The van der Waals surface area contributed by atoms with E-state index in [2.05, 4.69) is 0 Å². The predicted molar refractivity (Wildman–Crippen MR) is 137 cm³/mol. The van der Waals surface area contributed by atoms with E-state index in [1.165, 1.54) is 12.0 Å². The summed E-state index contributed by atoms with van der Waals surface area (Å²) >= 11 is 19.1. The first-order valence-electron chi connectivity index (χ1n) is 10.1. The van der Waals surface area contributed by atoms with E-state index in [0.29, 0.717) is 42.6 Å². The van der Waals surface area contributed by atoms with Crippen molar-refractivity contribution < 1.29 is 19.1 Å². The minimum atomic E-state index is -0.376. The number of imide groups is 1. The molecule has 0 atom stereocenters. The fraction of sp³-hybridized carbons (Fsp3) is 0.120. The number of carbonyl (C=O) groups is 2. The van der Waals surface area contributed by atoms with Gasteiger partial charge in [-0.2, -0.15) is 0 Å². The molecule has 0 unspecified atom stereocenters. The summed E-state index contributed by atoms with van der Waals surface area (Å²) in [6.07, 6.45) is 1.65. The van der Waals surface area contributed by atoms with Crippen LogP contribution in [-0.2, 0) is 17.9 Å². The lowest BCUT2D eigenvalue weighted by Crippen LogP contribution is -2.27. The van der Waals surface area contributed by atoms with Gasteiger partial charge in [0.1, 0.15) is 6.61 Å². The van der Waals surface area contributed by atoms with Crippen molar-refractivity contribution >= 4 is 63.8 Å². The molecular weight excluding hydrogens is 517 g/mol. The van der Waals surface area contributed by atoms with E-state index in [0.717, 1.165) is 17.3 Å². The monoisotopic (exact) mass is 533 g/mol. The maximum atomic E-state index is 12.9. The van der Waals surface area contributed by atoms with Gasteiger partial charge in [-0.1, -0.05) is 65.1 Å². The van der Waals surface area contributed by atoms with Crippen LogP contribution in [0.1, 0.15) is 16.7 Å². The van der Waals surface area contributed by atoms with E-state index in [1.807, 2.05) is 18.2 Å². The fourth-order valence-electron chi connectivity index (χ4n) is 3.27. The molecule has 9 heteroatoms. The summed E-state index contributed by atoms with van der Waals surface area (Å²) in [6, 6.07) is 17.7. The number of halogens is 3. The predicted octanol–water partition coefficient (Wildman–Crippen LogP) is 7.47. The maximum absolute atomic E-state index is 12.9. The number of carbonyl (C=O) groups excluding carboxylic acids is 2. The zero-order valence-corrected chi connectivity index (χ0v) is 21.0. The van der Waals surface area contributed by atoms with Gasteiger partial charge in [0.15, 0.2) is 11.5 Å². The number of benzene rings is 3. The van der Waals surface area contributed by atoms with Gasteiger partial charge in [0.25, 0.3) is 11.1 Å². The number of hydrogen-bond acceptors (Lipinski definition) is 5. The lowest BCUT2D eigenvalue weighted by atomic mass is 10.1. The number of rotatable bonds is 7. The molecule has 1 aliphatic rings. The molecule has 1 aliphatic heterocycles. The van der Waals surface area contributed by atoms with Crippen molar-refractivity contribution in [3.63, 3.8) is 0 Å². The van der Waals surface area contributed by atoms with Crippen LogP contribution in [0.3, 0.4) is 0 Å². The van der Waals surface area contributed by atoms with Gasteiger partial charge in [-0.3, -0.25) is 14.5 Å². The molecule has 0 saturated carbocycles. The number of amides is 2. The van der Waals surface area contributed by atoms with Crippen LogP contribution in [0.25, 0.3) is 6.08 Å². The highest BCUT2D eigenvalue weighted by Crippen LogP contribution is 2.36. The van der Waals surface area contributed by atoms with Crippen molar-refractivity contribution in [3.05, 3.63) is 97.3 Å². The molecule has 0 spiro atoms.